The van der Waals surface area contributed by atoms with Crippen LogP contribution in [-0.4, -0.2) is 35.9 Å². The first-order valence-corrected chi connectivity index (χ1v) is 32.8. The summed E-state index contributed by atoms with van der Waals surface area (Å²) in [4.78, 5) is 23.4. The lowest BCUT2D eigenvalue weighted by atomic mass is 9.78. The van der Waals surface area contributed by atoms with Crippen molar-refractivity contribution in [3.8, 4) is 28.7 Å². The summed E-state index contributed by atoms with van der Waals surface area (Å²) in [5, 5.41) is 21.4. The van der Waals surface area contributed by atoms with Gasteiger partial charge in [0.2, 0.25) is 0 Å². The lowest BCUT2D eigenvalue weighted by Crippen LogP contribution is -2.19. The Balaban J connectivity index is 0.000000562. The van der Waals surface area contributed by atoms with E-state index < -0.39 is 0 Å². The summed E-state index contributed by atoms with van der Waals surface area (Å²) in [6.45, 7) is 47.2. The van der Waals surface area contributed by atoms with Crippen molar-refractivity contribution in [1.29, 1.82) is 0 Å². The van der Waals surface area contributed by atoms with Gasteiger partial charge in [-0.25, -0.2) is 0 Å². The van der Waals surface area contributed by atoms with Crippen LogP contribution in [0.25, 0.3) is 0 Å². The van der Waals surface area contributed by atoms with Gasteiger partial charge in [-0.2, -0.15) is 0 Å². The van der Waals surface area contributed by atoms with Crippen LogP contribution >= 0.6 is 28.4 Å². The van der Waals surface area contributed by atoms with Crippen LogP contribution in [0.1, 0.15) is 260 Å². The van der Waals surface area contributed by atoms with Crippen LogP contribution in [-0.2, 0) is 70.8 Å². The second-order valence-electron chi connectivity index (χ2n) is 30.3. The summed E-state index contributed by atoms with van der Waals surface area (Å²) in [6, 6.07) is 32.5. The number of hydrogen-bond donors (Lipinski definition) is 2. The maximum absolute atomic E-state index is 12.0. The molecule has 0 saturated heterocycles. The van der Waals surface area contributed by atoms with E-state index in [9.17, 15) is 19.8 Å². The first-order valence-electron chi connectivity index (χ1n) is 31.4. The van der Waals surface area contributed by atoms with Crippen LogP contribution in [0.5, 0.6) is 28.7 Å². The van der Waals surface area contributed by atoms with E-state index in [1.165, 1.54) is 75.2 Å². The van der Waals surface area contributed by atoms with Gasteiger partial charge in [0.1, 0.15) is 28.7 Å². The van der Waals surface area contributed by atoms with Crippen molar-refractivity contribution in [2.75, 3.05) is 13.7 Å². The molecule has 3 unspecified atom stereocenters. The zero-order valence-corrected chi connectivity index (χ0v) is 61.9. The number of ether oxygens (including phenoxy) is 2. The largest absolute Gasteiger partial charge is 0.507 e. The van der Waals surface area contributed by atoms with Gasteiger partial charge < -0.3 is 33.3 Å². The number of esters is 2. The molecule has 0 aliphatic rings. The number of carbonyl (C=O) groups excluding carboxylic acids is 2. The normalized spacial score (nSPS) is 11.9. The van der Waals surface area contributed by atoms with Crippen molar-refractivity contribution in [3.05, 3.63) is 147 Å². The lowest BCUT2D eigenvalue weighted by Gasteiger charge is -2.28. The van der Waals surface area contributed by atoms with E-state index in [4.69, 9.17) is 23.0 Å². The van der Waals surface area contributed by atoms with Gasteiger partial charge in [0.05, 0.1) is 42.1 Å². The molecular weight excluding hydrogens is 1140 g/mol. The van der Waals surface area contributed by atoms with Crippen LogP contribution in [0.2, 0.25) is 0 Å². The third kappa shape index (κ3) is 31.6. The Kier molecular flexibility index (Phi) is 34.0. The zero-order chi connectivity index (χ0) is 66.8. The molecule has 0 saturated carbocycles. The lowest BCUT2D eigenvalue weighted by molar-refractivity contribution is -0.146. The quantitative estimate of drug-likeness (QED) is 0.0502. The molecule has 0 aliphatic carbocycles. The minimum atomic E-state index is -0.210. The number of hydrogen-bond acceptors (Lipinski definition) is 9. The fraction of sp³-hybridized carbons (Fsp3) is 0.573. The molecule has 0 amide bonds. The molecule has 5 rings (SSSR count). The van der Waals surface area contributed by atoms with Gasteiger partial charge >= 0.3 is 11.9 Å². The van der Waals surface area contributed by atoms with Gasteiger partial charge in [-0.05, 0) is 138 Å². The number of methoxy groups -OCH3 is 1. The van der Waals surface area contributed by atoms with Crippen LogP contribution < -0.4 is 13.6 Å². The minimum Gasteiger partial charge on any atom is -0.507 e. The van der Waals surface area contributed by atoms with Gasteiger partial charge in [0, 0.05) is 18.4 Å². The number of aryl methyl sites for hydroxylation is 3. The summed E-state index contributed by atoms with van der Waals surface area (Å²) in [6.07, 6.45) is 12.8. The Morgan fingerprint density at radius 2 is 0.805 bits per heavy atom. The average molecular weight is 1260 g/mol. The maximum Gasteiger partial charge on any atom is 0.306 e. The van der Waals surface area contributed by atoms with Gasteiger partial charge in [-0.15, -0.1) is 0 Å². The number of rotatable bonds is 18. The van der Waals surface area contributed by atoms with Crippen molar-refractivity contribution < 1.29 is 42.8 Å². The fourth-order valence-electron chi connectivity index (χ4n) is 9.13. The van der Waals surface area contributed by atoms with Gasteiger partial charge in [0.15, 0.2) is 0 Å². The van der Waals surface area contributed by atoms with Crippen LogP contribution in [0.15, 0.2) is 97.1 Å². The molecule has 488 valence electrons. The SMILES string of the molecule is CC(C)(C)COC(=O)CCc1cc(C(C)(C)C)c(O)c(C(C)(C)C)c1.CC(C)(C)c1ccc(OP)c(C(C)(C)C)c1.CCCCCCCCCc1ccc(OP)cc1.COC(=O)CCc1cc(C(C)(C)C)c(O)c(C(C)(C)C)c1.POc1ccccc1. The second kappa shape index (κ2) is 36.9. The molecule has 0 aliphatic heterocycles. The molecule has 0 fully saturated rings. The summed E-state index contributed by atoms with van der Waals surface area (Å²) in [7, 11) is 8.20. The number of benzene rings is 5. The molecule has 5 aromatic carbocycles. The van der Waals surface area contributed by atoms with E-state index in [1.54, 1.807) is 0 Å². The maximum atomic E-state index is 12.0. The van der Waals surface area contributed by atoms with E-state index in [0.29, 0.717) is 43.8 Å². The summed E-state index contributed by atoms with van der Waals surface area (Å²) in [5.74, 6) is 3.10. The van der Waals surface area contributed by atoms with Gasteiger partial charge in [-0.3, -0.25) is 9.59 Å². The molecule has 5 aromatic rings. The Morgan fingerprint density at radius 1 is 0.414 bits per heavy atom. The molecular formula is C75H119O9P3. The predicted octanol–water partition coefficient (Wildman–Crippen LogP) is 21.1. The third-order valence-corrected chi connectivity index (χ3v) is 15.3. The molecule has 0 spiro atoms. The van der Waals surface area contributed by atoms with Crippen molar-refractivity contribution in [3.63, 3.8) is 0 Å². The van der Waals surface area contributed by atoms with Crippen molar-refractivity contribution in [1.82, 2.24) is 0 Å². The Labute approximate surface area is 537 Å². The summed E-state index contributed by atoms with van der Waals surface area (Å²) in [5.41, 5.74) is 9.52. The highest BCUT2D eigenvalue weighted by Gasteiger charge is 2.29. The van der Waals surface area contributed by atoms with E-state index in [1.807, 2.05) is 87.5 Å². The highest BCUT2D eigenvalue weighted by atomic mass is 31.0. The Bertz CT molecular complexity index is 2720. The number of unbranched alkanes of at least 4 members (excludes halogenated alkanes) is 6. The minimum absolute atomic E-state index is 0.0208. The highest BCUT2D eigenvalue weighted by molar-refractivity contribution is 7.10. The number of aromatic hydroxyl groups is 2. The number of phenolic OH excluding ortho intramolecular Hbond substituents is 2. The second-order valence-corrected chi connectivity index (χ2v) is 31.0. The Hall–Kier alpha value is -4.67. The van der Waals surface area contributed by atoms with Crippen LogP contribution in [0, 0.1) is 5.41 Å². The molecule has 87 heavy (non-hydrogen) atoms. The van der Waals surface area contributed by atoms with Crippen molar-refractivity contribution >= 4 is 40.3 Å². The van der Waals surface area contributed by atoms with Crippen molar-refractivity contribution in [2.24, 2.45) is 5.41 Å². The fourth-order valence-corrected chi connectivity index (χ4v) is 9.65. The number of carbonyl (C=O) groups is 2. The molecule has 2 N–H and O–H groups in total. The zero-order valence-electron chi connectivity index (χ0n) is 58.4. The molecule has 0 heterocycles. The standard InChI is InChI=1S/C22H36O3.C18H28O3.C15H25OP.C14H23OP.C6H7OP/c1-20(2,3)14-25-18(23)11-10-15-12-16(21(4,5)6)19(24)17(13-15)22(7,8)9;1-17(2,3)13-10-12(8-9-15(19)21-7)11-14(16(13)20)18(4,5)6;1-2-3-4-5-6-7-8-9-14-10-12-15(16-17)13-11-14;1-13(2,3)10-7-8-12(15-16)11(9-10)14(4,5)6;8-7-6-4-2-1-3-5-6/h12-13,24H,10-11,14H2,1-9H3;10-11,20H,8-9H2,1-7H3;10-13H,2-9,17H2,1H3;7-9H,16H2,1-6H3;1-5H,8H2. The molecule has 3 atom stereocenters. The third-order valence-electron chi connectivity index (χ3n) is 14.5. The number of phenols is 2. The van der Waals surface area contributed by atoms with Crippen molar-refractivity contribution in [2.45, 2.75) is 262 Å². The van der Waals surface area contributed by atoms with Gasteiger partial charge in [0.25, 0.3) is 0 Å². The molecule has 12 heteroatoms. The van der Waals surface area contributed by atoms with Crippen LogP contribution in [0.4, 0.5) is 0 Å². The monoisotopic (exact) mass is 1260 g/mol. The molecule has 0 radical (unpaired) electrons. The van der Waals surface area contributed by atoms with E-state index >= 15 is 0 Å². The average Bonchev–Trinajstić information content (AvgIpc) is 1.14. The smallest absolute Gasteiger partial charge is 0.306 e. The molecule has 9 nitrogen and oxygen atoms in total. The Morgan fingerprint density at radius 3 is 1.15 bits per heavy atom. The van der Waals surface area contributed by atoms with E-state index in [2.05, 4.69) is 190 Å². The van der Waals surface area contributed by atoms with E-state index in [-0.39, 0.29) is 49.8 Å². The summed E-state index contributed by atoms with van der Waals surface area (Å²) >= 11 is 0. The topological polar surface area (TPSA) is 121 Å². The van der Waals surface area contributed by atoms with E-state index in [0.717, 1.165) is 50.6 Å². The predicted molar refractivity (Wildman–Crippen MR) is 380 cm³/mol. The molecule has 0 aromatic heterocycles. The molecule has 0 bridgehead atoms. The summed E-state index contributed by atoms with van der Waals surface area (Å²) < 4.78 is 25.3. The van der Waals surface area contributed by atoms with Gasteiger partial charge in [-0.1, -0.05) is 258 Å². The van der Waals surface area contributed by atoms with Crippen LogP contribution in [0.3, 0.4) is 0 Å². The first kappa shape index (κ1) is 80.3. The first-order chi connectivity index (χ1) is 40.0. The number of para-hydroxylation sites is 1. The highest BCUT2D eigenvalue weighted by Crippen LogP contribution is 2.42.